The molecule has 0 saturated heterocycles. The monoisotopic (exact) mass is 507 g/mol. The zero-order valence-electron chi connectivity index (χ0n) is 20.7. The molecule has 1 aromatic heterocycles. The van der Waals surface area contributed by atoms with Crippen LogP contribution in [0.3, 0.4) is 0 Å². The minimum atomic E-state index is -0.768. The van der Waals surface area contributed by atoms with E-state index in [9.17, 15) is 14.7 Å². The van der Waals surface area contributed by atoms with Crippen molar-refractivity contribution in [1.29, 1.82) is 5.26 Å². The Balaban J connectivity index is 1.24. The molecule has 1 aliphatic rings. The van der Waals surface area contributed by atoms with E-state index >= 15 is 0 Å². The second-order valence-corrected chi connectivity index (χ2v) is 9.34. The number of aliphatic carboxylic acids is 1. The van der Waals surface area contributed by atoms with Crippen molar-refractivity contribution < 1.29 is 24.0 Å². The predicted molar refractivity (Wildman–Crippen MR) is 140 cm³/mol. The summed E-state index contributed by atoms with van der Waals surface area (Å²) in [4.78, 5) is 24.0. The van der Waals surface area contributed by atoms with E-state index in [1.807, 2.05) is 54.6 Å². The van der Waals surface area contributed by atoms with Crippen molar-refractivity contribution in [3.8, 4) is 28.5 Å². The van der Waals surface area contributed by atoms with Gasteiger partial charge in [0.2, 0.25) is 0 Å². The Labute approximate surface area is 219 Å². The molecule has 0 spiro atoms. The average Bonchev–Trinajstić information content (AvgIpc) is 3.68. The highest BCUT2D eigenvalue weighted by molar-refractivity contribution is 5.91. The van der Waals surface area contributed by atoms with E-state index in [0.29, 0.717) is 42.0 Å². The number of nitriles is 1. The Kier molecular flexibility index (Phi) is 6.67. The number of benzene rings is 3. The van der Waals surface area contributed by atoms with Gasteiger partial charge in [-0.1, -0.05) is 65.8 Å². The number of hydrogen-bond acceptors (Lipinski definition) is 6. The molecule has 1 aliphatic carbocycles. The zero-order valence-corrected chi connectivity index (χ0v) is 20.7. The van der Waals surface area contributed by atoms with Gasteiger partial charge >= 0.3 is 12.1 Å². The van der Waals surface area contributed by atoms with Crippen molar-refractivity contribution in [1.82, 2.24) is 5.16 Å². The van der Waals surface area contributed by atoms with E-state index in [0.717, 1.165) is 27.8 Å². The van der Waals surface area contributed by atoms with Crippen molar-refractivity contribution in [2.45, 2.75) is 31.6 Å². The number of carboxylic acid groups (broad SMARTS) is 1. The standard InChI is InChI=1S/C30H25N3O5/c1-19-26(32-29(36)37-16-13-20-3-2-4-21(17-20)18-31)27(38-33-19)24-7-5-22(6-8-24)23-9-11-25(12-10-23)30(14-15-30)28(34)35/h2-12,17H,13-16H2,1H3,(H,32,36)(H,34,35). The first-order chi connectivity index (χ1) is 18.4. The quantitative estimate of drug-likeness (QED) is 0.295. The van der Waals surface area contributed by atoms with E-state index in [4.69, 9.17) is 14.5 Å². The van der Waals surface area contributed by atoms with Gasteiger partial charge in [-0.2, -0.15) is 5.26 Å². The number of carbonyl (C=O) groups is 2. The molecule has 2 N–H and O–H groups in total. The molecule has 1 saturated carbocycles. The number of ether oxygens (including phenoxy) is 1. The highest BCUT2D eigenvalue weighted by Gasteiger charge is 2.51. The van der Waals surface area contributed by atoms with Gasteiger partial charge in [-0.05, 0) is 54.2 Å². The Morgan fingerprint density at radius 1 is 1.05 bits per heavy atom. The lowest BCUT2D eigenvalue weighted by atomic mass is 9.93. The van der Waals surface area contributed by atoms with Gasteiger partial charge in [0.1, 0.15) is 11.4 Å². The highest BCUT2D eigenvalue weighted by atomic mass is 16.5. The summed E-state index contributed by atoms with van der Waals surface area (Å²) in [5.41, 5.74) is 5.20. The van der Waals surface area contributed by atoms with Crippen LogP contribution in [0, 0.1) is 18.3 Å². The van der Waals surface area contributed by atoms with E-state index in [1.165, 1.54) is 0 Å². The van der Waals surface area contributed by atoms with Crippen molar-refractivity contribution in [2.24, 2.45) is 0 Å². The summed E-state index contributed by atoms with van der Waals surface area (Å²) in [5.74, 6) is -0.351. The molecule has 0 unspecified atom stereocenters. The summed E-state index contributed by atoms with van der Waals surface area (Å²) in [5, 5.41) is 25.3. The van der Waals surface area contributed by atoms with Gasteiger partial charge in [-0.3, -0.25) is 10.1 Å². The van der Waals surface area contributed by atoms with E-state index in [-0.39, 0.29) is 6.61 Å². The Morgan fingerprint density at radius 3 is 2.34 bits per heavy atom. The molecule has 0 bridgehead atoms. The van der Waals surface area contributed by atoms with Crippen LogP contribution in [0.1, 0.15) is 35.2 Å². The van der Waals surface area contributed by atoms with Gasteiger partial charge in [0.15, 0.2) is 5.76 Å². The number of carbonyl (C=O) groups excluding carboxylic acids is 1. The van der Waals surface area contributed by atoms with Gasteiger partial charge < -0.3 is 14.4 Å². The van der Waals surface area contributed by atoms with Crippen molar-refractivity contribution in [3.63, 3.8) is 0 Å². The Morgan fingerprint density at radius 2 is 1.71 bits per heavy atom. The van der Waals surface area contributed by atoms with Crippen LogP contribution in [0.25, 0.3) is 22.5 Å². The molecule has 190 valence electrons. The third-order valence-electron chi connectivity index (χ3n) is 6.85. The maximum atomic E-state index is 12.5. The van der Waals surface area contributed by atoms with E-state index in [2.05, 4.69) is 16.5 Å². The summed E-state index contributed by atoms with van der Waals surface area (Å²) in [6, 6.07) is 24.5. The second-order valence-electron chi connectivity index (χ2n) is 9.34. The number of nitrogens with zero attached hydrogens (tertiary/aromatic N) is 2. The van der Waals surface area contributed by atoms with E-state index in [1.54, 1.807) is 25.1 Å². The summed E-state index contributed by atoms with van der Waals surface area (Å²) < 4.78 is 10.8. The van der Waals surface area contributed by atoms with Crippen LogP contribution in [0.4, 0.5) is 10.5 Å². The smallest absolute Gasteiger partial charge is 0.411 e. The summed E-state index contributed by atoms with van der Waals surface area (Å²) in [6.45, 7) is 1.89. The van der Waals surface area contributed by atoms with Gasteiger partial charge in [-0.25, -0.2) is 4.79 Å². The number of hydrogen-bond donors (Lipinski definition) is 2. The first-order valence-corrected chi connectivity index (χ1v) is 12.2. The zero-order chi connectivity index (χ0) is 26.7. The van der Waals surface area contributed by atoms with Gasteiger partial charge in [-0.15, -0.1) is 0 Å². The van der Waals surface area contributed by atoms with Gasteiger partial charge in [0, 0.05) is 12.0 Å². The minimum Gasteiger partial charge on any atom is -0.481 e. The van der Waals surface area contributed by atoms with Crippen LogP contribution in [0.5, 0.6) is 0 Å². The molecule has 0 atom stereocenters. The molecule has 1 heterocycles. The molecule has 8 nitrogen and oxygen atoms in total. The highest BCUT2D eigenvalue weighted by Crippen LogP contribution is 2.48. The van der Waals surface area contributed by atoms with Crippen molar-refractivity contribution in [3.05, 3.63) is 95.2 Å². The number of rotatable bonds is 8. The third-order valence-corrected chi connectivity index (χ3v) is 6.85. The molecule has 0 aliphatic heterocycles. The SMILES string of the molecule is Cc1noc(-c2ccc(-c3ccc(C4(C(=O)O)CC4)cc3)cc2)c1NC(=O)OCCc1cccc(C#N)c1. The van der Waals surface area contributed by atoms with E-state index < -0.39 is 17.5 Å². The van der Waals surface area contributed by atoms with Crippen LogP contribution >= 0.6 is 0 Å². The van der Waals surface area contributed by atoms with Crippen LogP contribution in [-0.4, -0.2) is 28.9 Å². The second kappa shape index (κ2) is 10.2. The molecule has 5 rings (SSSR count). The maximum Gasteiger partial charge on any atom is 0.411 e. The Bertz CT molecular complexity index is 1530. The molecule has 1 amide bonds. The number of nitrogens with one attached hydrogen (secondary N) is 1. The molecular weight excluding hydrogens is 482 g/mol. The summed E-state index contributed by atoms with van der Waals surface area (Å²) in [7, 11) is 0. The fourth-order valence-corrected chi connectivity index (χ4v) is 4.46. The molecule has 0 radical (unpaired) electrons. The van der Waals surface area contributed by atoms with Crippen LogP contribution in [-0.2, 0) is 21.4 Å². The van der Waals surface area contributed by atoms with Crippen molar-refractivity contribution >= 4 is 17.7 Å². The fourth-order valence-electron chi connectivity index (χ4n) is 4.46. The van der Waals surface area contributed by atoms with Crippen LogP contribution in [0.2, 0.25) is 0 Å². The largest absolute Gasteiger partial charge is 0.481 e. The first kappa shape index (κ1) is 24.8. The van der Waals surface area contributed by atoms with Crippen LogP contribution in [0.15, 0.2) is 77.3 Å². The number of carboxylic acids is 1. The lowest BCUT2D eigenvalue weighted by Gasteiger charge is -2.11. The fraction of sp³-hybridized carbons (Fsp3) is 0.200. The molecular formula is C30H25N3O5. The summed E-state index contributed by atoms with van der Waals surface area (Å²) in [6.07, 6.45) is 1.21. The maximum absolute atomic E-state index is 12.5. The average molecular weight is 508 g/mol. The number of anilines is 1. The van der Waals surface area contributed by atoms with Gasteiger partial charge in [0.05, 0.1) is 23.7 Å². The van der Waals surface area contributed by atoms with Gasteiger partial charge in [0.25, 0.3) is 0 Å². The molecule has 3 aromatic carbocycles. The molecule has 38 heavy (non-hydrogen) atoms. The number of aryl methyl sites for hydroxylation is 1. The predicted octanol–water partition coefficient (Wildman–Crippen LogP) is 6.10. The topological polar surface area (TPSA) is 125 Å². The lowest BCUT2D eigenvalue weighted by Crippen LogP contribution is -2.19. The lowest BCUT2D eigenvalue weighted by molar-refractivity contribution is -0.140. The third kappa shape index (κ3) is 5.00. The molecule has 1 fully saturated rings. The minimum absolute atomic E-state index is 0.154. The first-order valence-electron chi connectivity index (χ1n) is 12.2. The number of aromatic nitrogens is 1. The number of amides is 1. The summed E-state index contributed by atoms with van der Waals surface area (Å²) >= 11 is 0. The Hall–Kier alpha value is -4.90. The van der Waals surface area contributed by atoms with Crippen molar-refractivity contribution in [2.75, 3.05) is 11.9 Å². The normalized spacial score (nSPS) is 13.4. The van der Waals surface area contributed by atoms with Crippen LogP contribution < -0.4 is 5.32 Å². The molecule has 8 heteroatoms. The molecule has 4 aromatic rings.